The highest BCUT2D eigenvalue weighted by Gasteiger charge is 2.51. The van der Waals surface area contributed by atoms with Gasteiger partial charge < -0.3 is 5.11 Å². The molecule has 0 fully saturated rings. The SMILES string of the molecule is Cc1ncccc1[C@](C)(O)C(F)(F)F. The van der Waals surface area contributed by atoms with E-state index in [1.165, 1.54) is 25.3 Å². The lowest BCUT2D eigenvalue weighted by atomic mass is 9.94. The third-order valence-electron chi connectivity index (χ3n) is 2.08. The van der Waals surface area contributed by atoms with Crippen LogP contribution in [0.2, 0.25) is 0 Å². The van der Waals surface area contributed by atoms with Gasteiger partial charge in [-0.05, 0) is 19.9 Å². The lowest BCUT2D eigenvalue weighted by Gasteiger charge is -2.27. The van der Waals surface area contributed by atoms with Crippen LogP contribution in [0.4, 0.5) is 13.2 Å². The Morgan fingerprint density at radius 2 is 1.93 bits per heavy atom. The standard InChI is InChI=1S/C9H10F3NO/c1-6-7(4-3-5-13-6)8(2,14)9(10,11)12/h3-5,14H,1-2H3/t8-/m0/s1. The predicted octanol–water partition coefficient (Wildman–Crippen LogP) is 2.16. The molecule has 0 saturated heterocycles. The summed E-state index contributed by atoms with van der Waals surface area (Å²) in [5, 5.41) is 9.34. The molecule has 0 saturated carbocycles. The molecule has 0 aliphatic carbocycles. The van der Waals surface area contributed by atoms with Crippen LogP contribution >= 0.6 is 0 Å². The number of halogens is 3. The molecule has 0 aliphatic heterocycles. The number of nitrogens with zero attached hydrogens (tertiary/aromatic N) is 1. The van der Waals surface area contributed by atoms with E-state index in [1.807, 2.05) is 0 Å². The zero-order valence-electron chi connectivity index (χ0n) is 7.76. The molecule has 1 aromatic heterocycles. The second kappa shape index (κ2) is 3.24. The number of aromatic nitrogens is 1. The van der Waals surface area contributed by atoms with Crippen molar-refractivity contribution in [1.82, 2.24) is 4.98 Å². The highest BCUT2D eigenvalue weighted by atomic mass is 19.4. The van der Waals surface area contributed by atoms with Crippen LogP contribution in [0, 0.1) is 6.92 Å². The van der Waals surface area contributed by atoms with E-state index in [9.17, 15) is 18.3 Å². The zero-order valence-corrected chi connectivity index (χ0v) is 7.76. The maximum absolute atomic E-state index is 12.4. The summed E-state index contributed by atoms with van der Waals surface area (Å²) in [5.41, 5.74) is -2.88. The molecule has 0 bridgehead atoms. The van der Waals surface area contributed by atoms with Crippen LogP contribution in [-0.2, 0) is 5.60 Å². The summed E-state index contributed by atoms with van der Waals surface area (Å²) in [4.78, 5) is 3.70. The molecule has 0 amide bonds. The molecule has 14 heavy (non-hydrogen) atoms. The van der Waals surface area contributed by atoms with Gasteiger partial charge in [0.05, 0.1) is 0 Å². The van der Waals surface area contributed by atoms with Crippen molar-refractivity contribution in [2.75, 3.05) is 0 Å². The van der Waals surface area contributed by atoms with Crippen molar-refractivity contribution in [3.05, 3.63) is 29.6 Å². The normalized spacial score (nSPS) is 16.4. The van der Waals surface area contributed by atoms with Gasteiger partial charge in [0.15, 0.2) is 5.60 Å². The van der Waals surface area contributed by atoms with Gasteiger partial charge in [-0.25, -0.2) is 0 Å². The molecule has 1 atom stereocenters. The Morgan fingerprint density at radius 1 is 1.36 bits per heavy atom. The first-order valence-corrected chi connectivity index (χ1v) is 3.98. The lowest BCUT2D eigenvalue weighted by Crippen LogP contribution is -2.39. The highest BCUT2D eigenvalue weighted by Crippen LogP contribution is 2.39. The summed E-state index contributed by atoms with van der Waals surface area (Å²) in [6.07, 6.45) is -3.31. The van der Waals surface area contributed by atoms with Crippen molar-refractivity contribution in [2.45, 2.75) is 25.6 Å². The summed E-state index contributed by atoms with van der Waals surface area (Å²) in [5.74, 6) is 0. The first-order chi connectivity index (χ1) is 6.27. The van der Waals surface area contributed by atoms with Crippen LogP contribution in [0.1, 0.15) is 18.2 Å². The van der Waals surface area contributed by atoms with Gasteiger partial charge in [-0.1, -0.05) is 6.07 Å². The number of aryl methyl sites for hydroxylation is 1. The average Bonchev–Trinajstić information content (AvgIpc) is 2.02. The van der Waals surface area contributed by atoms with E-state index < -0.39 is 11.8 Å². The Labute approximate surface area is 79.4 Å². The molecule has 2 nitrogen and oxygen atoms in total. The molecule has 1 N–H and O–H groups in total. The summed E-state index contributed by atoms with van der Waals surface area (Å²) in [6.45, 7) is 2.15. The van der Waals surface area contributed by atoms with Crippen LogP contribution < -0.4 is 0 Å². The molecule has 1 heterocycles. The Bertz CT molecular complexity index is 333. The van der Waals surface area contributed by atoms with Gasteiger partial charge in [-0.2, -0.15) is 13.2 Å². The molecule has 1 rings (SSSR count). The largest absolute Gasteiger partial charge is 0.421 e. The summed E-state index contributed by atoms with van der Waals surface area (Å²) < 4.78 is 37.3. The van der Waals surface area contributed by atoms with Gasteiger partial charge in [0, 0.05) is 17.5 Å². The first kappa shape index (κ1) is 11.0. The Morgan fingerprint density at radius 3 is 2.36 bits per heavy atom. The number of aliphatic hydroxyl groups is 1. The van der Waals surface area contributed by atoms with Gasteiger partial charge in [-0.15, -0.1) is 0 Å². The first-order valence-electron chi connectivity index (χ1n) is 3.98. The fraction of sp³-hybridized carbons (Fsp3) is 0.444. The maximum atomic E-state index is 12.4. The lowest BCUT2D eigenvalue weighted by molar-refractivity contribution is -0.259. The minimum atomic E-state index is -4.69. The van der Waals surface area contributed by atoms with E-state index in [0.717, 1.165) is 6.92 Å². The number of rotatable bonds is 1. The topological polar surface area (TPSA) is 33.1 Å². The minimum absolute atomic E-state index is 0.176. The van der Waals surface area contributed by atoms with E-state index in [4.69, 9.17) is 0 Å². The van der Waals surface area contributed by atoms with E-state index in [-0.39, 0.29) is 11.3 Å². The van der Waals surface area contributed by atoms with Crippen molar-refractivity contribution in [2.24, 2.45) is 0 Å². The van der Waals surface area contributed by atoms with Gasteiger partial charge in [0.1, 0.15) is 0 Å². The van der Waals surface area contributed by atoms with Gasteiger partial charge >= 0.3 is 6.18 Å². The fourth-order valence-corrected chi connectivity index (χ4v) is 1.15. The number of hydrogen-bond donors (Lipinski definition) is 1. The van der Waals surface area contributed by atoms with Crippen molar-refractivity contribution in [1.29, 1.82) is 0 Å². The number of alkyl halides is 3. The van der Waals surface area contributed by atoms with Crippen molar-refractivity contribution >= 4 is 0 Å². The molecular weight excluding hydrogens is 195 g/mol. The quantitative estimate of drug-likeness (QED) is 0.762. The summed E-state index contributed by atoms with van der Waals surface area (Å²) in [7, 11) is 0. The molecule has 0 radical (unpaired) electrons. The zero-order chi connectivity index (χ0) is 11.0. The monoisotopic (exact) mass is 205 g/mol. The molecule has 0 aliphatic rings. The molecule has 1 aromatic rings. The third-order valence-corrected chi connectivity index (χ3v) is 2.08. The minimum Gasteiger partial charge on any atom is -0.376 e. The van der Waals surface area contributed by atoms with Crippen LogP contribution in [-0.4, -0.2) is 16.3 Å². The second-order valence-corrected chi connectivity index (χ2v) is 3.21. The molecule has 0 spiro atoms. The Kier molecular flexibility index (Phi) is 2.54. The summed E-state index contributed by atoms with van der Waals surface area (Å²) >= 11 is 0. The second-order valence-electron chi connectivity index (χ2n) is 3.21. The summed E-state index contributed by atoms with van der Waals surface area (Å²) in [6, 6.07) is 2.58. The Hall–Kier alpha value is -1.10. The number of hydrogen-bond acceptors (Lipinski definition) is 2. The van der Waals surface area contributed by atoms with Gasteiger partial charge in [0.2, 0.25) is 0 Å². The van der Waals surface area contributed by atoms with Crippen LogP contribution in [0.5, 0.6) is 0 Å². The smallest absolute Gasteiger partial charge is 0.376 e. The third kappa shape index (κ3) is 1.72. The Balaban J connectivity index is 3.23. The van der Waals surface area contributed by atoms with Crippen LogP contribution in [0.25, 0.3) is 0 Å². The average molecular weight is 205 g/mol. The number of pyridine rings is 1. The van der Waals surface area contributed by atoms with Crippen LogP contribution in [0.15, 0.2) is 18.3 Å². The predicted molar refractivity (Wildman–Crippen MR) is 44.6 cm³/mol. The fourth-order valence-electron chi connectivity index (χ4n) is 1.15. The van der Waals surface area contributed by atoms with Gasteiger partial charge in [0.25, 0.3) is 0 Å². The van der Waals surface area contributed by atoms with Crippen molar-refractivity contribution in [3.8, 4) is 0 Å². The maximum Gasteiger partial charge on any atom is 0.421 e. The van der Waals surface area contributed by atoms with E-state index in [2.05, 4.69) is 4.98 Å². The van der Waals surface area contributed by atoms with Gasteiger partial charge in [-0.3, -0.25) is 4.98 Å². The molecule has 0 unspecified atom stereocenters. The molecular formula is C9H10F3NO. The van der Waals surface area contributed by atoms with Crippen molar-refractivity contribution < 1.29 is 18.3 Å². The van der Waals surface area contributed by atoms with E-state index >= 15 is 0 Å². The van der Waals surface area contributed by atoms with Crippen LogP contribution in [0.3, 0.4) is 0 Å². The van der Waals surface area contributed by atoms with E-state index in [1.54, 1.807) is 0 Å². The highest BCUT2D eigenvalue weighted by molar-refractivity contribution is 5.26. The van der Waals surface area contributed by atoms with Crippen molar-refractivity contribution in [3.63, 3.8) is 0 Å². The van der Waals surface area contributed by atoms with E-state index in [0.29, 0.717) is 0 Å². The molecule has 0 aromatic carbocycles. The molecule has 5 heteroatoms. The molecule has 78 valence electrons.